The average Bonchev–Trinajstić information content (AvgIpc) is 2.12. The van der Waals surface area contributed by atoms with Gasteiger partial charge in [-0.25, -0.2) is 0 Å². The Kier molecular flexibility index (Phi) is 5.99. The molecular weight excluding hydrogens is 152 g/mol. The van der Waals surface area contributed by atoms with Gasteiger partial charge in [0, 0.05) is 13.5 Å². The fourth-order valence-electron chi connectivity index (χ4n) is 1.16. The van der Waals surface area contributed by atoms with Crippen molar-refractivity contribution < 1.29 is 9.53 Å². The molecule has 0 bridgehead atoms. The van der Waals surface area contributed by atoms with Crippen LogP contribution in [0.15, 0.2) is 0 Å². The molecule has 1 unspecified atom stereocenters. The zero-order chi connectivity index (χ0) is 9.56. The van der Waals surface area contributed by atoms with Gasteiger partial charge >= 0.3 is 0 Å². The van der Waals surface area contributed by atoms with E-state index in [0.29, 0.717) is 12.3 Å². The number of carbonyl (C=O) groups is 1. The molecule has 2 nitrogen and oxygen atoms in total. The summed E-state index contributed by atoms with van der Waals surface area (Å²) in [5.41, 5.74) is 0. The van der Waals surface area contributed by atoms with Crippen LogP contribution in [0.5, 0.6) is 0 Å². The van der Waals surface area contributed by atoms with Crippen LogP contribution in [-0.2, 0) is 9.53 Å². The van der Waals surface area contributed by atoms with Gasteiger partial charge in [-0.15, -0.1) is 0 Å². The van der Waals surface area contributed by atoms with E-state index in [4.69, 9.17) is 4.74 Å². The largest absolute Gasteiger partial charge is 0.374 e. The number of ether oxygens (including phenoxy) is 1. The summed E-state index contributed by atoms with van der Waals surface area (Å²) in [4.78, 5) is 11.4. The number of rotatable bonds is 6. The SMILES string of the molecule is CCC(CC)CC(=O)C(C)OC. The third-order valence-electron chi connectivity index (χ3n) is 2.45. The number of hydrogen-bond acceptors (Lipinski definition) is 2. The van der Waals surface area contributed by atoms with E-state index < -0.39 is 0 Å². The van der Waals surface area contributed by atoms with Crippen LogP contribution in [0.4, 0.5) is 0 Å². The van der Waals surface area contributed by atoms with Gasteiger partial charge in [0.1, 0.15) is 6.10 Å². The van der Waals surface area contributed by atoms with E-state index in [9.17, 15) is 4.79 Å². The molecule has 2 heteroatoms. The van der Waals surface area contributed by atoms with Crippen LogP contribution in [0.1, 0.15) is 40.0 Å². The number of ketones is 1. The van der Waals surface area contributed by atoms with Crippen LogP contribution >= 0.6 is 0 Å². The van der Waals surface area contributed by atoms with Crippen LogP contribution < -0.4 is 0 Å². The minimum Gasteiger partial charge on any atom is -0.374 e. The van der Waals surface area contributed by atoms with Gasteiger partial charge in [-0.3, -0.25) is 4.79 Å². The van der Waals surface area contributed by atoms with Crippen molar-refractivity contribution >= 4 is 5.78 Å². The number of hydrogen-bond donors (Lipinski definition) is 0. The Bertz CT molecular complexity index is 128. The van der Waals surface area contributed by atoms with E-state index in [2.05, 4.69) is 13.8 Å². The molecule has 0 N–H and O–H groups in total. The van der Waals surface area contributed by atoms with Gasteiger partial charge in [0.15, 0.2) is 5.78 Å². The van der Waals surface area contributed by atoms with Crippen molar-refractivity contribution in [3.05, 3.63) is 0 Å². The molecule has 0 radical (unpaired) electrons. The molecule has 0 aromatic carbocycles. The minimum absolute atomic E-state index is 0.228. The maximum Gasteiger partial charge on any atom is 0.161 e. The molecule has 0 fully saturated rings. The van der Waals surface area contributed by atoms with Crippen LogP contribution in [-0.4, -0.2) is 19.0 Å². The normalized spacial score (nSPS) is 13.4. The van der Waals surface area contributed by atoms with Crippen molar-refractivity contribution in [2.24, 2.45) is 5.92 Å². The Balaban J connectivity index is 3.81. The first kappa shape index (κ1) is 11.6. The maximum atomic E-state index is 11.4. The van der Waals surface area contributed by atoms with E-state index >= 15 is 0 Å². The first-order chi connectivity index (χ1) is 5.65. The highest BCUT2D eigenvalue weighted by atomic mass is 16.5. The lowest BCUT2D eigenvalue weighted by atomic mass is 9.95. The molecule has 12 heavy (non-hydrogen) atoms. The lowest BCUT2D eigenvalue weighted by Gasteiger charge is -2.13. The molecule has 0 saturated carbocycles. The van der Waals surface area contributed by atoms with Crippen LogP contribution in [0, 0.1) is 5.92 Å². The van der Waals surface area contributed by atoms with E-state index in [1.807, 2.05) is 6.92 Å². The Labute approximate surface area is 75.3 Å². The molecule has 0 aliphatic rings. The molecule has 0 aliphatic carbocycles. The third-order valence-corrected chi connectivity index (χ3v) is 2.45. The summed E-state index contributed by atoms with van der Waals surface area (Å²) >= 11 is 0. The molecule has 0 spiro atoms. The first-order valence-corrected chi connectivity index (χ1v) is 4.71. The number of methoxy groups -OCH3 is 1. The van der Waals surface area contributed by atoms with Crippen molar-refractivity contribution in [1.82, 2.24) is 0 Å². The zero-order valence-corrected chi connectivity index (χ0v) is 8.59. The highest BCUT2D eigenvalue weighted by molar-refractivity contribution is 5.82. The Morgan fingerprint density at radius 1 is 1.33 bits per heavy atom. The second kappa shape index (κ2) is 6.18. The van der Waals surface area contributed by atoms with Crippen molar-refractivity contribution in [2.75, 3.05) is 7.11 Å². The fraction of sp³-hybridized carbons (Fsp3) is 0.900. The predicted molar refractivity (Wildman–Crippen MR) is 50.2 cm³/mol. The maximum absolute atomic E-state index is 11.4. The second-order valence-corrected chi connectivity index (χ2v) is 3.23. The Hall–Kier alpha value is -0.370. The fourth-order valence-corrected chi connectivity index (χ4v) is 1.16. The molecular formula is C10H20O2. The highest BCUT2D eigenvalue weighted by Gasteiger charge is 2.15. The van der Waals surface area contributed by atoms with Gasteiger partial charge in [-0.05, 0) is 12.8 Å². The second-order valence-electron chi connectivity index (χ2n) is 3.23. The topological polar surface area (TPSA) is 26.3 Å². The molecule has 72 valence electrons. The molecule has 0 aromatic rings. The molecule has 0 amide bonds. The van der Waals surface area contributed by atoms with Gasteiger partial charge in [-0.2, -0.15) is 0 Å². The number of carbonyl (C=O) groups excluding carboxylic acids is 1. The third kappa shape index (κ3) is 3.86. The van der Waals surface area contributed by atoms with E-state index in [1.54, 1.807) is 7.11 Å². The van der Waals surface area contributed by atoms with Gasteiger partial charge in [0.05, 0.1) is 0 Å². The van der Waals surface area contributed by atoms with Crippen LogP contribution in [0.25, 0.3) is 0 Å². The summed E-state index contributed by atoms with van der Waals surface area (Å²) in [7, 11) is 1.58. The summed E-state index contributed by atoms with van der Waals surface area (Å²) < 4.78 is 4.95. The summed E-state index contributed by atoms with van der Waals surface area (Å²) in [6.45, 7) is 6.06. The smallest absolute Gasteiger partial charge is 0.161 e. The summed E-state index contributed by atoms with van der Waals surface area (Å²) in [5.74, 6) is 0.765. The van der Waals surface area contributed by atoms with Crippen molar-refractivity contribution in [2.45, 2.75) is 46.1 Å². The lowest BCUT2D eigenvalue weighted by Crippen LogP contribution is -2.21. The van der Waals surface area contributed by atoms with Gasteiger partial charge < -0.3 is 4.74 Å². The lowest BCUT2D eigenvalue weighted by molar-refractivity contribution is -0.128. The van der Waals surface area contributed by atoms with Gasteiger partial charge in [-0.1, -0.05) is 26.7 Å². The summed E-state index contributed by atoms with van der Waals surface area (Å²) in [6, 6.07) is 0. The van der Waals surface area contributed by atoms with Crippen LogP contribution in [0.2, 0.25) is 0 Å². The molecule has 0 rings (SSSR count). The highest BCUT2D eigenvalue weighted by Crippen LogP contribution is 2.14. The number of Topliss-reactive ketones (excluding diaryl/α,β-unsaturated/α-hetero) is 1. The van der Waals surface area contributed by atoms with Gasteiger partial charge in [0.2, 0.25) is 0 Å². The monoisotopic (exact) mass is 172 g/mol. The molecule has 1 atom stereocenters. The van der Waals surface area contributed by atoms with Crippen molar-refractivity contribution in [1.29, 1.82) is 0 Å². The van der Waals surface area contributed by atoms with Gasteiger partial charge in [0.25, 0.3) is 0 Å². The summed E-state index contributed by atoms with van der Waals surface area (Å²) in [6.07, 6.45) is 2.60. The summed E-state index contributed by atoms with van der Waals surface area (Å²) in [5, 5.41) is 0. The Morgan fingerprint density at radius 3 is 2.17 bits per heavy atom. The molecule has 0 aromatic heterocycles. The molecule has 0 saturated heterocycles. The molecule has 0 heterocycles. The molecule has 0 aliphatic heterocycles. The van der Waals surface area contributed by atoms with E-state index in [1.165, 1.54) is 0 Å². The average molecular weight is 172 g/mol. The zero-order valence-electron chi connectivity index (χ0n) is 8.59. The minimum atomic E-state index is -0.231. The van der Waals surface area contributed by atoms with Crippen molar-refractivity contribution in [3.63, 3.8) is 0 Å². The quantitative estimate of drug-likeness (QED) is 0.615. The van der Waals surface area contributed by atoms with Crippen molar-refractivity contribution in [3.8, 4) is 0 Å². The van der Waals surface area contributed by atoms with E-state index in [0.717, 1.165) is 12.8 Å². The standard InChI is InChI=1S/C10H20O2/c1-5-9(6-2)7-10(11)8(3)12-4/h8-9H,5-7H2,1-4H3. The Morgan fingerprint density at radius 2 is 1.83 bits per heavy atom. The predicted octanol–water partition coefficient (Wildman–Crippen LogP) is 2.42. The van der Waals surface area contributed by atoms with Crippen LogP contribution in [0.3, 0.4) is 0 Å². The van der Waals surface area contributed by atoms with E-state index in [-0.39, 0.29) is 11.9 Å². The first-order valence-electron chi connectivity index (χ1n) is 4.71.